The summed E-state index contributed by atoms with van der Waals surface area (Å²) < 4.78 is 0. The van der Waals surface area contributed by atoms with Crippen molar-refractivity contribution in [2.75, 3.05) is 0 Å². The van der Waals surface area contributed by atoms with Crippen LogP contribution < -0.4 is 0 Å². The van der Waals surface area contributed by atoms with Crippen LogP contribution in [0, 0.1) is 24.7 Å². The summed E-state index contributed by atoms with van der Waals surface area (Å²) in [7, 11) is 0. The van der Waals surface area contributed by atoms with Crippen molar-refractivity contribution in [1.29, 1.82) is 0 Å². The third-order valence-corrected chi connectivity index (χ3v) is 1.42. The highest BCUT2D eigenvalue weighted by Gasteiger charge is 1.86. The van der Waals surface area contributed by atoms with Gasteiger partial charge >= 0.3 is 0 Å². The molecular weight excluding hydrogens is 144 g/mol. The van der Waals surface area contributed by atoms with E-state index in [1.807, 2.05) is 30.3 Å². The monoisotopic (exact) mass is 152 g/mol. The van der Waals surface area contributed by atoms with E-state index in [0.717, 1.165) is 5.56 Å². The number of benzene rings is 1. The van der Waals surface area contributed by atoms with Gasteiger partial charge in [-0.05, 0) is 11.6 Å². The summed E-state index contributed by atoms with van der Waals surface area (Å²) in [6.45, 7) is 0. The van der Waals surface area contributed by atoms with Crippen LogP contribution in [0.2, 0.25) is 0 Å². The molecule has 1 rings (SSSR count). The summed E-state index contributed by atoms with van der Waals surface area (Å²) in [5, 5.41) is 0. The second-order valence-electron chi connectivity index (χ2n) is 2.26. The average molecular weight is 152 g/mol. The van der Waals surface area contributed by atoms with E-state index in [-0.39, 0.29) is 0 Å². The van der Waals surface area contributed by atoms with Gasteiger partial charge < -0.3 is 0 Å². The SMILES string of the molecule is C#CC(C#C)=Cc1ccccc1. The van der Waals surface area contributed by atoms with E-state index >= 15 is 0 Å². The molecule has 0 unspecified atom stereocenters. The third-order valence-electron chi connectivity index (χ3n) is 1.42. The quantitative estimate of drug-likeness (QED) is 0.542. The first kappa shape index (κ1) is 8.18. The molecule has 0 amide bonds. The van der Waals surface area contributed by atoms with E-state index in [4.69, 9.17) is 12.8 Å². The summed E-state index contributed by atoms with van der Waals surface area (Å²) in [4.78, 5) is 0. The van der Waals surface area contributed by atoms with Gasteiger partial charge in [-0.25, -0.2) is 0 Å². The van der Waals surface area contributed by atoms with Gasteiger partial charge in [-0.2, -0.15) is 0 Å². The van der Waals surface area contributed by atoms with Gasteiger partial charge in [-0.3, -0.25) is 0 Å². The van der Waals surface area contributed by atoms with Crippen molar-refractivity contribution in [3.05, 3.63) is 41.5 Å². The third kappa shape index (κ3) is 2.04. The molecule has 0 bridgehead atoms. The molecule has 0 saturated heterocycles. The number of allylic oxidation sites excluding steroid dienone is 1. The minimum absolute atomic E-state index is 0.571. The minimum Gasteiger partial charge on any atom is -0.114 e. The maximum atomic E-state index is 5.17. The molecule has 0 radical (unpaired) electrons. The van der Waals surface area contributed by atoms with Gasteiger partial charge in [-0.1, -0.05) is 42.2 Å². The van der Waals surface area contributed by atoms with Crippen LogP contribution in [-0.4, -0.2) is 0 Å². The Labute approximate surface area is 72.9 Å². The van der Waals surface area contributed by atoms with Crippen molar-refractivity contribution in [2.45, 2.75) is 0 Å². The van der Waals surface area contributed by atoms with Crippen molar-refractivity contribution in [2.24, 2.45) is 0 Å². The predicted molar refractivity (Wildman–Crippen MR) is 52.1 cm³/mol. The van der Waals surface area contributed by atoms with Gasteiger partial charge in [0.1, 0.15) is 0 Å². The standard InChI is InChI=1S/C12H8/c1-3-11(4-2)10-12-8-6-5-7-9-12/h1-2,5-10H. The highest BCUT2D eigenvalue weighted by molar-refractivity contribution is 5.63. The van der Waals surface area contributed by atoms with E-state index in [0.29, 0.717) is 5.57 Å². The fourth-order valence-electron chi connectivity index (χ4n) is 0.841. The molecule has 12 heavy (non-hydrogen) atoms. The van der Waals surface area contributed by atoms with Crippen LogP contribution in [0.25, 0.3) is 6.08 Å². The maximum Gasteiger partial charge on any atom is 0.0744 e. The number of hydrogen-bond acceptors (Lipinski definition) is 0. The van der Waals surface area contributed by atoms with Crippen LogP contribution in [0.3, 0.4) is 0 Å². The smallest absolute Gasteiger partial charge is 0.0744 e. The molecule has 0 atom stereocenters. The molecule has 0 aliphatic carbocycles. The highest BCUT2D eigenvalue weighted by Crippen LogP contribution is 2.04. The van der Waals surface area contributed by atoms with E-state index in [2.05, 4.69) is 11.8 Å². The molecule has 0 aliphatic rings. The summed E-state index contributed by atoms with van der Waals surface area (Å²) in [6, 6.07) is 9.74. The molecule has 0 N–H and O–H groups in total. The van der Waals surface area contributed by atoms with E-state index in [9.17, 15) is 0 Å². The molecule has 0 fully saturated rings. The fraction of sp³-hybridized carbons (Fsp3) is 0. The Hall–Kier alpha value is -1.92. The Bertz CT molecular complexity index is 339. The van der Waals surface area contributed by atoms with Crippen LogP contribution in [-0.2, 0) is 0 Å². The van der Waals surface area contributed by atoms with Gasteiger partial charge in [0.15, 0.2) is 0 Å². The van der Waals surface area contributed by atoms with Gasteiger partial charge in [0.05, 0.1) is 5.57 Å². The summed E-state index contributed by atoms with van der Waals surface area (Å²) in [5.74, 6) is 4.85. The Balaban J connectivity index is 2.98. The number of hydrogen-bond donors (Lipinski definition) is 0. The maximum absolute atomic E-state index is 5.17. The van der Waals surface area contributed by atoms with E-state index in [1.165, 1.54) is 0 Å². The van der Waals surface area contributed by atoms with Gasteiger partial charge in [-0.15, -0.1) is 12.8 Å². The molecule has 0 saturated carbocycles. The van der Waals surface area contributed by atoms with Crippen molar-refractivity contribution >= 4 is 6.08 Å². The zero-order valence-electron chi connectivity index (χ0n) is 6.62. The van der Waals surface area contributed by atoms with Crippen LogP contribution in [0.1, 0.15) is 5.56 Å². The normalized spacial score (nSPS) is 7.83. The van der Waals surface area contributed by atoms with Gasteiger partial charge in [0, 0.05) is 0 Å². The first-order chi connectivity index (χ1) is 5.86. The Morgan fingerprint density at radius 3 is 2.17 bits per heavy atom. The molecular formula is C12H8. The molecule has 0 spiro atoms. The lowest BCUT2D eigenvalue weighted by Crippen LogP contribution is -1.73. The van der Waals surface area contributed by atoms with Gasteiger partial charge in [0.25, 0.3) is 0 Å². The molecule has 0 heterocycles. The molecule has 0 nitrogen and oxygen atoms in total. The van der Waals surface area contributed by atoms with Crippen molar-refractivity contribution in [3.8, 4) is 24.7 Å². The zero-order valence-corrected chi connectivity index (χ0v) is 6.62. The summed E-state index contributed by atoms with van der Waals surface area (Å²) in [5.41, 5.74) is 1.60. The fourth-order valence-corrected chi connectivity index (χ4v) is 0.841. The largest absolute Gasteiger partial charge is 0.114 e. The number of terminal acetylenes is 2. The topological polar surface area (TPSA) is 0 Å². The predicted octanol–water partition coefficient (Wildman–Crippen LogP) is 2.34. The van der Waals surface area contributed by atoms with Crippen molar-refractivity contribution in [3.63, 3.8) is 0 Å². The average Bonchev–Trinajstić information content (AvgIpc) is 2.16. The van der Waals surface area contributed by atoms with Crippen LogP contribution in [0.15, 0.2) is 35.9 Å². The first-order valence-electron chi connectivity index (χ1n) is 3.57. The molecule has 0 aromatic heterocycles. The highest BCUT2D eigenvalue weighted by atomic mass is 13.9. The zero-order chi connectivity index (χ0) is 8.81. The Morgan fingerprint density at radius 1 is 1.08 bits per heavy atom. The van der Waals surface area contributed by atoms with Crippen LogP contribution in [0.5, 0.6) is 0 Å². The van der Waals surface area contributed by atoms with Crippen LogP contribution in [0.4, 0.5) is 0 Å². The van der Waals surface area contributed by atoms with Crippen LogP contribution >= 0.6 is 0 Å². The minimum atomic E-state index is 0.571. The van der Waals surface area contributed by atoms with Crippen molar-refractivity contribution < 1.29 is 0 Å². The van der Waals surface area contributed by atoms with Gasteiger partial charge in [0.2, 0.25) is 0 Å². The lowest BCUT2D eigenvalue weighted by Gasteiger charge is -1.90. The van der Waals surface area contributed by atoms with Crippen molar-refractivity contribution in [1.82, 2.24) is 0 Å². The second-order valence-corrected chi connectivity index (χ2v) is 2.26. The molecule has 0 heteroatoms. The lowest BCUT2D eigenvalue weighted by molar-refractivity contribution is 1.65. The second kappa shape index (κ2) is 4.06. The summed E-state index contributed by atoms with van der Waals surface area (Å²) >= 11 is 0. The molecule has 0 aliphatic heterocycles. The molecule has 56 valence electrons. The Kier molecular flexibility index (Phi) is 2.77. The number of rotatable bonds is 1. The molecule has 1 aromatic rings. The van der Waals surface area contributed by atoms with E-state index < -0.39 is 0 Å². The molecule has 1 aromatic carbocycles. The Morgan fingerprint density at radius 2 is 1.67 bits per heavy atom. The lowest BCUT2D eigenvalue weighted by atomic mass is 10.1. The van der Waals surface area contributed by atoms with E-state index in [1.54, 1.807) is 6.08 Å². The first-order valence-corrected chi connectivity index (χ1v) is 3.57. The summed E-state index contributed by atoms with van der Waals surface area (Å²) in [6.07, 6.45) is 12.1.